The van der Waals surface area contributed by atoms with Gasteiger partial charge in [-0.3, -0.25) is 4.79 Å². The highest BCUT2D eigenvalue weighted by Gasteiger charge is 2.33. The molecule has 1 aromatic heterocycles. The molecule has 3 atom stereocenters. The molecule has 0 aliphatic carbocycles. The SMILES string of the molecule is O=C(NC1CC2CCN(C2)C1)c1ccc(-c2ccc(F)cc2)s1. The fourth-order valence-electron chi connectivity index (χ4n) is 3.65. The molecule has 2 aromatic rings. The number of fused-ring (bicyclic) bond motifs is 2. The van der Waals surface area contributed by atoms with Gasteiger partial charge in [0.15, 0.2) is 0 Å². The van der Waals surface area contributed by atoms with E-state index in [9.17, 15) is 9.18 Å². The zero-order chi connectivity index (χ0) is 15.8. The van der Waals surface area contributed by atoms with Gasteiger partial charge in [0.2, 0.25) is 0 Å². The van der Waals surface area contributed by atoms with Crippen molar-refractivity contribution in [2.24, 2.45) is 5.92 Å². The Morgan fingerprint density at radius 2 is 2.00 bits per heavy atom. The second-order valence-corrected chi connectivity index (χ2v) is 7.57. The predicted octanol–water partition coefficient (Wildman–Crippen LogP) is 3.38. The lowest BCUT2D eigenvalue weighted by Crippen LogP contribution is -2.46. The minimum absolute atomic E-state index is 0.0101. The topological polar surface area (TPSA) is 32.3 Å². The number of hydrogen-bond acceptors (Lipinski definition) is 3. The number of halogens is 1. The molecule has 2 fully saturated rings. The Kier molecular flexibility index (Phi) is 3.91. The minimum Gasteiger partial charge on any atom is -0.347 e. The van der Waals surface area contributed by atoms with E-state index in [0.717, 1.165) is 34.2 Å². The summed E-state index contributed by atoms with van der Waals surface area (Å²) in [5.74, 6) is 0.508. The normalized spacial score (nSPS) is 26.2. The van der Waals surface area contributed by atoms with Gasteiger partial charge in [-0.25, -0.2) is 4.39 Å². The highest BCUT2D eigenvalue weighted by Crippen LogP contribution is 2.29. The number of nitrogens with one attached hydrogen (secondary N) is 1. The second-order valence-electron chi connectivity index (χ2n) is 6.49. The summed E-state index contributed by atoms with van der Waals surface area (Å²) < 4.78 is 13.0. The first kappa shape index (κ1) is 14.8. The van der Waals surface area contributed by atoms with E-state index in [1.165, 1.54) is 43.0 Å². The third-order valence-electron chi connectivity index (χ3n) is 4.76. The quantitative estimate of drug-likeness (QED) is 0.936. The molecule has 0 spiro atoms. The maximum absolute atomic E-state index is 13.0. The Balaban J connectivity index is 1.44. The average molecular weight is 330 g/mol. The first-order valence-electron chi connectivity index (χ1n) is 8.06. The van der Waals surface area contributed by atoms with Crippen LogP contribution in [-0.2, 0) is 0 Å². The lowest BCUT2D eigenvalue weighted by molar-refractivity contribution is 0.0913. The highest BCUT2D eigenvalue weighted by atomic mass is 32.1. The maximum atomic E-state index is 13.0. The van der Waals surface area contributed by atoms with Crippen LogP contribution in [-0.4, -0.2) is 36.5 Å². The molecule has 2 aliphatic heterocycles. The number of rotatable bonds is 3. The number of thiophene rings is 1. The number of carbonyl (C=O) groups is 1. The van der Waals surface area contributed by atoms with Crippen molar-refractivity contribution in [2.75, 3.05) is 19.6 Å². The van der Waals surface area contributed by atoms with Gasteiger partial charge in [0, 0.05) is 24.0 Å². The summed E-state index contributed by atoms with van der Waals surface area (Å²) in [5.41, 5.74) is 0.942. The molecule has 1 aromatic carbocycles. The van der Waals surface area contributed by atoms with E-state index in [-0.39, 0.29) is 17.8 Å². The molecule has 2 aliphatic rings. The summed E-state index contributed by atoms with van der Waals surface area (Å²) in [6, 6.07) is 10.4. The van der Waals surface area contributed by atoms with Crippen molar-refractivity contribution in [1.29, 1.82) is 0 Å². The van der Waals surface area contributed by atoms with Crippen LogP contribution in [0, 0.1) is 11.7 Å². The van der Waals surface area contributed by atoms with E-state index in [0.29, 0.717) is 0 Å². The number of hydrogen-bond donors (Lipinski definition) is 1. The molecule has 120 valence electrons. The molecule has 0 saturated carbocycles. The fraction of sp³-hybridized carbons (Fsp3) is 0.389. The Hall–Kier alpha value is -1.72. The monoisotopic (exact) mass is 330 g/mol. The van der Waals surface area contributed by atoms with Crippen molar-refractivity contribution >= 4 is 17.2 Å². The Morgan fingerprint density at radius 3 is 2.78 bits per heavy atom. The van der Waals surface area contributed by atoms with Crippen molar-refractivity contribution in [2.45, 2.75) is 18.9 Å². The highest BCUT2D eigenvalue weighted by molar-refractivity contribution is 7.17. The lowest BCUT2D eigenvalue weighted by atomic mass is 9.97. The molecule has 23 heavy (non-hydrogen) atoms. The van der Waals surface area contributed by atoms with Gasteiger partial charge < -0.3 is 10.2 Å². The smallest absolute Gasteiger partial charge is 0.261 e. The number of nitrogens with zero attached hydrogens (tertiary/aromatic N) is 1. The summed E-state index contributed by atoms with van der Waals surface area (Å²) in [7, 11) is 0. The van der Waals surface area contributed by atoms with Gasteiger partial charge >= 0.3 is 0 Å². The molecule has 5 heteroatoms. The van der Waals surface area contributed by atoms with Crippen LogP contribution in [0.15, 0.2) is 36.4 Å². The van der Waals surface area contributed by atoms with Gasteiger partial charge in [-0.1, -0.05) is 12.1 Å². The van der Waals surface area contributed by atoms with Gasteiger partial charge in [0.25, 0.3) is 5.91 Å². The number of carbonyl (C=O) groups excluding carboxylic acids is 1. The third kappa shape index (κ3) is 3.16. The van der Waals surface area contributed by atoms with Crippen LogP contribution in [0.1, 0.15) is 22.5 Å². The summed E-state index contributed by atoms with van der Waals surface area (Å²) >= 11 is 1.46. The predicted molar refractivity (Wildman–Crippen MR) is 90.1 cm³/mol. The van der Waals surface area contributed by atoms with Crippen molar-refractivity contribution in [3.05, 3.63) is 47.1 Å². The van der Waals surface area contributed by atoms with Crippen LogP contribution >= 0.6 is 11.3 Å². The average Bonchev–Trinajstić information content (AvgIpc) is 3.15. The van der Waals surface area contributed by atoms with Crippen LogP contribution in [0.3, 0.4) is 0 Å². The Morgan fingerprint density at radius 1 is 1.17 bits per heavy atom. The first-order chi connectivity index (χ1) is 11.2. The number of benzene rings is 1. The molecule has 3 heterocycles. The van der Waals surface area contributed by atoms with Crippen LogP contribution in [0.4, 0.5) is 4.39 Å². The van der Waals surface area contributed by atoms with Crippen LogP contribution in [0.25, 0.3) is 10.4 Å². The van der Waals surface area contributed by atoms with Crippen molar-refractivity contribution in [3.8, 4) is 10.4 Å². The van der Waals surface area contributed by atoms with E-state index in [1.54, 1.807) is 12.1 Å². The van der Waals surface area contributed by atoms with Crippen LogP contribution in [0.5, 0.6) is 0 Å². The summed E-state index contributed by atoms with van der Waals surface area (Å²) in [6.07, 6.45) is 2.36. The molecule has 2 bridgehead atoms. The van der Waals surface area contributed by atoms with Crippen LogP contribution < -0.4 is 5.32 Å². The van der Waals surface area contributed by atoms with Crippen molar-refractivity contribution in [1.82, 2.24) is 10.2 Å². The zero-order valence-electron chi connectivity index (χ0n) is 12.8. The number of piperidine rings is 1. The van der Waals surface area contributed by atoms with E-state index >= 15 is 0 Å². The summed E-state index contributed by atoms with van der Waals surface area (Å²) in [4.78, 5) is 16.6. The zero-order valence-corrected chi connectivity index (χ0v) is 13.6. The lowest BCUT2D eigenvalue weighted by Gasteiger charge is -2.30. The number of amides is 1. The molecule has 3 unspecified atom stereocenters. The van der Waals surface area contributed by atoms with Crippen LogP contribution in [0.2, 0.25) is 0 Å². The minimum atomic E-state index is -0.245. The third-order valence-corrected chi connectivity index (χ3v) is 5.89. The first-order valence-corrected chi connectivity index (χ1v) is 8.88. The van der Waals surface area contributed by atoms with E-state index in [2.05, 4.69) is 10.2 Å². The molecular weight excluding hydrogens is 311 g/mol. The van der Waals surface area contributed by atoms with Gasteiger partial charge in [0.1, 0.15) is 5.82 Å². The molecule has 1 N–H and O–H groups in total. The molecule has 2 saturated heterocycles. The maximum Gasteiger partial charge on any atom is 0.261 e. The molecule has 1 amide bonds. The van der Waals surface area contributed by atoms with Gasteiger partial charge in [0.05, 0.1) is 4.88 Å². The largest absolute Gasteiger partial charge is 0.347 e. The van der Waals surface area contributed by atoms with Gasteiger partial charge in [-0.15, -0.1) is 11.3 Å². The van der Waals surface area contributed by atoms with Crippen molar-refractivity contribution in [3.63, 3.8) is 0 Å². The molecule has 3 nitrogen and oxygen atoms in total. The van der Waals surface area contributed by atoms with Gasteiger partial charge in [-0.2, -0.15) is 0 Å². The molecule has 4 rings (SSSR count). The molecule has 0 radical (unpaired) electrons. The second kappa shape index (κ2) is 6.06. The Bertz CT molecular complexity index is 700. The van der Waals surface area contributed by atoms with E-state index in [1.807, 2.05) is 12.1 Å². The standard InChI is InChI=1S/C18H19FN2OS/c19-14-3-1-13(2-4-14)16-5-6-17(23-16)18(22)20-15-9-12-7-8-21(10-12)11-15/h1-6,12,15H,7-11H2,(H,20,22). The fourth-order valence-corrected chi connectivity index (χ4v) is 4.56. The Labute approximate surface area is 139 Å². The summed E-state index contributed by atoms with van der Waals surface area (Å²) in [6.45, 7) is 3.34. The summed E-state index contributed by atoms with van der Waals surface area (Å²) in [5, 5.41) is 3.18. The van der Waals surface area contributed by atoms with E-state index in [4.69, 9.17) is 0 Å². The van der Waals surface area contributed by atoms with Gasteiger partial charge in [-0.05, 0) is 55.1 Å². The molecular formula is C18H19FN2OS. The van der Waals surface area contributed by atoms with Crippen molar-refractivity contribution < 1.29 is 9.18 Å². The van der Waals surface area contributed by atoms with E-state index < -0.39 is 0 Å².